The average molecular weight is 516 g/mol. The molecule has 3 aromatic rings. The summed E-state index contributed by atoms with van der Waals surface area (Å²) < 4.78 is 26.6. The summed E-state index contributed by atoms with van der Waals surface area (Å²) in [4.78, 5) is 14.7. The van der Waals surface area contributed by atoms with Gasteiger partial charge in [0.25, 0.3) is 15.9 Å². The van der Waals surface area contributed by atoms with Crippen LogP contribution in [0.4, 0.5) is 0 Å². The molecule has 7 heteroatoms. The molecule has 5 rings (SSSR count). The molecule has 6 nitrogen and oxygen atoms in total. The van der Waals surface area contributed by atoms with E-state index >= 15 is 0 Å². The highest BCUT2D eigenvalue weighted by Crippen LogP contribution is 2.41. The third-order valence-corrected chi connectivity index (χ3v) is 8.52. The van der Waals surface area contributed by atoms with Gasteiger partial charge in [-0.15, -0.1) is 0 Å². The molecule has 2 unspecified atom stereocenters. The van der Waals surface area contributed by atoms with Crippen LogP contribution in [0.25, 0.3) is 6.08 Å². The highest BCUT2D eigenvalue weighted by Gasteiger charge is 2.39. The Labute approximate surface area is 219 Å². The van der Waals surface area contributed by atoms with Crippen LogP contribution in [0.5, 0.6) is 0 Å². The maximum Gasteiger partial charge on any atom is 0.264 e. The first-order valence-corrected chi connectivity index (χ1v) is 14.4. The lowest BCUT2D eigenvalue weighted by atomic mass is 10.0. The lowest BCUT2D eigenvalue weighted by Gasteiger charge is -2.32. The van der Waals surface area contributed by atoms with E-state index in [1.807, 2.05) is 12.1 Å². The van der Waals surface area contributed by atoms with E-state index in [0.717, 1.165) is 25.2 Å². The van der Waals surface area contributed by atoms with Crippen molar-refractivity contribution in [2.24, 2.45) is 0 Å². The van der Waals surface area contributed by atoms with Gasteiger partial charge in [-0.05, 0) is 67.3 Å². The molecule has 2 aliphatic rings. The third kappa shape index (κ3) is 6.95. The predicted octanol–water partition coefficient (Wildman–Crippen LogP) is 4.32. The molecule has 1 aliphatic carbocycles. The normalized spacial score (nSPS) is 20.6. The summed E-state index contributed by atoms with van der Waals surface area (Å²) in [5.41, 5.74) is 3.52. The summed E-state index contributed by atoms with van der Waals surface area (Å²) in [5, 5.41) is 3.88. The van der Waals surface area contributed by atoms with Gasteiger partial charge in [0.2, 0.25) is 0 Å². The first-order valence-electron chi connectivity index (χ1n) is 12.9. The number of nitrogens with zero attached hydrogens (tertiary/aromatic N) is 1. The first-order chi connectivity index (χ1) is 18.0. The predicted molar refractivity (Wildman–Crippen MR) is 146 cm³/mol. The highest BCUT2D eigenvalue weighted by atomic mass is 32.2. The SMILES string of the molecule is O=C(/C=C/c1ccc(CN2CCC(NC3CC3c3ccccc3)CC2)cc1)NS(=O)(=O)c1ccccc1. The molecule has 1 aliphatic heterocycles. The summed E-state index contributed by atoms with van der Waals surface area (Å²) >= 11 is 0. The highest BCUT2D eigenvalue weighted by molar-refractivity contribution is 7.90. The number of piperidine rings is 1. The molecular weight excluding hydrogens is 482 g/mol. The molecule has 1 saturated heterocycles. The van der Waals surface area contributed by atoms with Crippen molar-refractivity contribution in [2.75, 3.05) is 13.1 Å². The first kappa shape index (κ1) is 25.4. The van der Waals surface area contributed by atoms with Crippen molar-refractivity contribution in [1.29, 1.82) is 0 Å². The van der Waals surface area contributed by atoms with Crippen molar-refractivity contribution in [3.8, 4) is 0 Å². The van der Waals surface area contributed by atoms with Gasteiger partial charge in [0.1, 0.15) is 0 Å². The second kappa shape index (κ2) is 11.4. The Morgan fingerprint density at radius 2 is 1.54 bits per heavy atom. The van der Waals surface area contributed by atoms with Crippen molar-refractivity contribution < 1.29 is 13.2 Å². The van der Waals surface area contributed by atoms with E-state index in [9.17, 15) is 13.2 Å². The number of likely N-dealkylation sites (tertiary alicyclic amines) is 1. The van der Waals surface area contributed by atoms with Gasteiger partial charge in [-0.2, -0.15) is 0 Å². The molecule has 0 radical (unpaired) electrons. The van der Waals surface area contributed by atoms with Gasteiger partial charge in [0.15, 0.2) is 0 Å². The van der Waals surface area contributed by atoms with Crippen LogP contribution in [-0.2, 0) is 21.4 Å². The molecule has 2 N–H and O–H groups in total. The van der Waals surface area contributed by atoms with Crippen LogP contribution >= 0.6 is 0 Å². The van der Waals surface area contributed by atoms with Crippen LogP contribution < -0.4 is 10.0 Å². The molecule has 1 heterocycles. The zero-order valence-electron chi connectivity index (χ0n) is 20.8. The second-order valence-corrected chi connectivity index (χ2v) is 11.6. The molecule has 1 amide bonds. The monoisotopic (exact) mass is 515 g/mol. The van der Waals surface area contributed by atoms with Crippen LogP contribution in [0, 0.1) is 0 Å². The fraction of sp³-hybridized carbons (Fsp3) is 0.300. The van der Waals surface area contributed by atoms with Gasteiger partial charge in [0, 0.05) is 30.6 Å². The smallest absolute Gasteiger partial charge is 0.264 e. The number of benzene rings is 3. The Hall–Kier alpha value is -3.26. The molecule has 37 heavy (non-hydrogen) atoms. The van der Waals surface area contributed by atoms with Gasteiger partial charge in [-0.1, -0.05) is 72.8 Å². The summed E-state index contributed by atoms with van der Waals surface area (Å²) in [6.45, 7) is 3.07. The minimum atomic E-state index is -3.87. The number of nitrogens with one attached hydrogen (secondary N) is 2. The largest absolute Gasteiger partial charge is 0.311 e. The average Bonchev–Trinajstić information content (AvgIpc) is 3.69. The summed E-state index contributed by atoms with van der Waals surface area (Å²) in [6, 6.07) is 27.9. The number of sulfonamides is 1. The maximum atomic E-state index is 12.3. The number of rotatable bonds is 9. The van der Waals surface area contributed by atoms with Gasteiger partial charge < -0.3 is 5.32 Å². The van der Waals surface area contributed by atoms with E-state index in [1.54, 1.807) is 24.3 Å². The third-order valence-electron chi connectivity index (χ3n) is 7.16. The van der Waals surface area contributed by atoms with E-state index in [2.05, 4.69) is 57.4 Å². The van der Waals surface area contributed by atoms with Crippen molar-refractivity contribution in [1.82, 2.24) is 14.9 Å². The van der Waals surface area contributed by atoms with Gasteiger partial charge in [-0.3, -0.25) is 9.69 Å². The van der Waals surface area contributed by atoms with E-state index < -0.39 is 15.9 Å². The molecule has 192 valence electrons. The number of hydrogen-bond donors (Lipinski definition) is 2. The fourth-order valence-corrected chi connectivity index (χ4v) is 5.96. The van der Waals surface area contributed by atoms with Crippen LogP contribution in [-0.4, -0.2) is 44.4 Å². The Morgan fingerprint density at radius 1 is 0.892 bits per heavy atom. The summed E-state index contributed by atoms with van der Waals surface area (Å²) in [6.07, 6.45) is 6.45. The lowest BCUT2D eigenvalue weighted by molar-refractivity contribution is -0.114. The number of carbonyl (C=O) groups excluding carboxylic acids is 1. The lowest BCUT2D eigenvalue weighted by Crippen LogP contribution is -2.43. The van der Waals surface area contributed by atoms with Crippen LogP contribution in [0.15, 0.2) is 95.9 Å². The fourth-order valence-electron chi connectivity index (χ4n) is 5.00. The minimum Gasteiger partial charge on any atom is -0.311 e. The Balaban J connectivity index is 1.05. The number of hydrogen-bond acceptors (Lipinski definition) is 5. The molecule has 2 fully saturated rings. The molecule has 0 bridgehead atoms. The molecule has 2 atom stereocenters. The quantitative estimate of drug-likeness (QED) is 0.415. The molecule has 0 aromatic heterocycles. The van der Waals surface area contributed by atoms with Gasteiger partial charge in [0.05, 0.1) is 4.90 Å². The topological polar surface area (TPSA) is 78.5 Å². The van der Waals surface area contributed by atoms with Crippen LogP contribution in [0.2, 0.25) is 0 Å². The Kier molecular flexibility index (Phi) is 7.84. The molecule has 1 saturated carbocycles. The molecular formula is C30H33N3O3S. The van der Waals surface area contributed by atoms with Gasteiger partial charge in [-0.25, -0.2) is 13.1 Å². The maximum absolute atomic E-state index is 12.3. The number of amides is 1. The van der Waals surface area contributed by atoms with Crippen molar-refractivity contribution in [2.45, 2.75) is 48.7 Å². The van der Waals surface area contributed by atoms with Crippen molar-refractivity contribution >= 4 is 22.0 Å². The van der Waals surface area contributed by atoms with Crippen LogP contribution in [0.1, 0.15) is 41.9 Å². The second-order valence-electron chi connectivity index (χ2n) is 9.93. The number of carbonyl (C=O) groups is 1. The summed E-state index contributed by atoms with van der Waals surface area (Å²) in [5.74, 6) is -0.00294. The summed E-state index contributed by atoms with van der Waals surface area (Å²) in [7, 11) is -3.87. The Bertz CT molecular complexity index is 1320. The zero-order chi connectivity index (χ0) is 25.7. The minimum absolute atomic E-state index is 0.0600. The van der Waals surface area contributed by atoms with E-state index in [-0.39, 0.29) is 4.90 Å². The standard InChI is InChI=1S/C30H33N3O3S/c34-30(32-37(35,36)27-9-5-2-6-10-27)16-15-23-11-13-24(14-12-23)22-33-19-17-26(18-20-33)31-29-21-28(29)25-7-3-1-4-8-25/h1-16,26,28-29,31H,17-22H2,(H,32,34)/b16-15+. The molecule has 3 aromatic carbocycles. The Morgan fingerprint density at radius 3 is 2.22 bits per heavy atom. The van der Waals surface area contributed by atoms with E-state index in [1.165, 1.54) is 48.6 Å². The van der Waals surface area contributed by atoms with E-state index in [0.29, 0.717) is 18.0 Å². The van der Waals surface area contributed by atoms with Crippen molar-refractivity contribution in [3.63, 3.8) is 0 Å². The zero-order valence-corrected chi connectivity index (χ0v) is 21.6. The molecule has 0 spiro atoms. The van der Waals surface area contributed by atoms with E-state index in [4.69, 9.17) is 0 Å². The van der Waals surface area contributed by atoms with Gasteiger partial charge >= 0.3 is 0 Å². The van der Waals surface area contributed by atoms with Crippen LogP contribution in [0.3, 0.4) is 0 Å². The van der Waals surface area contributed by atoms with Crippen molar-refractivity contribution in [3.05, 3.63) is 108 Å².